The van der Waals surface area contributed by atoms with Gasteiger partial charge in [0.2, 0.25) is 11.6 Å². The number of carbonyl (C=O) groups excluding carboxylic acids is 1. The Hall–Kier alpha value is -2.74. The standard InChI is InChI=1S/C21H23F2N3O3/c22-17-3-4-18-20(19(17)23)29-16(13-28-18)12-26-8-5-14(6-9-26)10-25-21(27)15-2-1-7-24-11-15/h1-4,7,11,14,16H,5-6,8-10,12-13H2,(H,25,27). The molecule has 3 heterocycles. The molecule has 1 aromatic heterocycles. The van der Waals surface area contributed by atoms with E-state index >= 15 is 0 Å². The van der Waals surface area contributed by atoms with Crippen molar-refractivity contribution in [2.75, 3.05) is 32.8 Å². The van der Waals surface area contributed by atoms with Gasteiger partial charge in [-0.1, -0.05) is 0 Å². The molecule has 0 spiro atoms. The molecule has 4 rings (SSSR count). The zero-order chi connectivity index (χ0) is 20.2. The number of nitrogens with zero attached hydrogens (tertiary/aromatic N) is 2. The largest absolute Gasteiger partial charge is 0.486 e. The molecule has 0 aliphatic carbocycles. The first-order chi connectivity index (χ1) is 14.1. The fraction of sp³-hybridized carbons (Fsp3) is 0.429. The fourth-order valence-electron chi connectivity index (χ4n) is 3.71. The molecule has 2 aliphatic heterocycles. The lowest BCUT2D eigenvalue weighted by molar-refractivity contribution is 0.0434. The van der Waals surface area contributed by atoms with Gasteiger partial charge in [0.25, 0.3) is 5.91 Å². The van der Waals surface area contributed by atoms with Crippen molar-refractivity contribution in [1.82, 2.24) is 15.2 Å². The number of aromatic nitrogens is 1. The van der Waals surface area contributed by atoms with Crippen molar-refractivity contribution in [2.24, 2.45) is 5.92 Å². The molecule has 2 aliphatic rings. The summed E-state index contributed by atoms with van der Waals surface area (Å²) in [4.78, 5) is 18.3. The van der Waals surface area contributed by atoms with Crippen LogP contribution in [-0.4, -0.2) is 54.7 Å². The number of halogens is 2. The second kappa shape index (κ2) is 8.73. The average molecular weight is 403 g/mol. The van der Waals surface area contributed by atoms with E-state index in [0.717, 1.165) is 32.0 Å². The second-order valence-corrected chi connectivity index (χ2v) is 7.44. The minimum atomic E-state index is -1.00. The van der Waals surface area contributed by atoms with E-state index in [4.69, 9.17) is 9.47 Å². The van der Waals surface area contributed by atoms with Gasteiger partial charge in [0.15, 0.2) is 11.6 Å². The lowest BCUT2D eigenvalue weighted by atomic mass is 9.96. The van der Waals surface area contributed by atoms with Crippen molar-refractivity contribution in [3.05, 3.63) is 53.9 Å². The highest BCUT2D eigenvalue weighted by Crippen LogP contribution is 2.35. The number of ether oxygens (including phenoxy) is 2. The fourth-order valence-corrected chi connectivity index (χ4v) is 3.71. The van der Waals surface area contributed by atoms with Gasteiger partial charge in [-0.2, -0.15) is 4.39 Å². The van der Waals surface area contributed by atoms with Crippen LogP contribution in [0.5, 0.6) is 11.5 Å². The number of benzene rings is 1. The van der Waals surface area contributed by atoms with Crippen LogP contribution in [0.1, 0.15) is 23.2 Å². The number of nitrogens with one attached hydrogen (secondary N) is 1. The third-order valence-corrected chi connectivity index (χ3v) is 5.37. The zero-order valence-electron chi connectivity index (χ0n) is 15.9. The number of likely N-dealkylation sites (tertiary alicyclic amines) is 1. The summed E-state index contributed by atoms with van der Waals surface area (Å²) in [7, 11) is 0. The van der Waals surface area contributed by atoms with E-state index in [0.29, 0.717) is 31.2 Å². The van der Waals surface area contributed by atoms with Crippen LogP contribution in [0.25, 0.3) is 0 Å². The molecular weight excluding hydrogens is 380 g/mol. The Bertz CT molecular complexity index is 858. The lowest BCUT2D eigenvalue weighted by Crippen LogP contribution is -2.45. The van der Waals surface area contributed by atoms with Crippen molar-refractivity contribution < 1.29 is 23.0 Å². The summed E-state index contributed by atoms with van der Waals surface area (Å²) in [5.41, 5.74) is 0.559. The molecular formula is C21H23F2N3O3. The summed E-state index contributed by atoms with van der Waals surface area (Å²) >= 11 is 0. The minimum absolute atomic E-state index is 0.110. The Morgan fingerprint density at radius 1 is 1.24 bits per heavy atom. The number of hydrogen-bond donors (Lipinski definition) is 1. The monoisotopic (exact) mass is 403 g/mol. The Balaban J connectivity index is 1.22. The molecule has 29 heavy (non-hydrogen) atoms. The molecule has 2 aromatic rings. The van der Waals surface area contributed by atoms with E-state index < -0.39 is 11.6 Å². The number of fused-ring (bicyclic) bond motifs is 1. The van der Waals surface area contributed by atoms with Crippen LogP contribution in [-0.2, 0) is 0 Å². The predicted molar refractivity (Wildman–Crippen MR) is 102 cm³/mol. The van der Waals surface area contributed by atoms with Gasteiger partial charge >= 0.3 is 0 Å². The molecule has 1 aromatic carbocycles. The van der Waals surface area contributed by atoms with Crippen molar-refractivity contribution >= 4 is 5.91 Å². The molecule has 1 fully saturated rings. The van der Waals surface area contributed by atoms with Gasteiger partial charge in [0.05, 0.1) is 5.56 Å². The number of pyridine rings is 1. The number of hydrogen-bond acceptors (Lipinski definition) is 5. The third kappa shape index (κ3) is 4.64. The first kappa shape index (κ1) is 19.6. The number of amides is 1. The molecule has 1 unspecified atom stereocenters. The molecule has 1 atom stereocenters. The van der Waals surface area contributed by atoms with E-state index in [1.54, 1.807) is 24.5 Å². The van der Waals surface area contributed by atoms with Gasteiger partial charge in [0, 0.05) is 25.5 Å². The summed E-state index contributed by atoms with van der Waals surface area (Å²) in [6.07, 6.45) is 4.73. The van der Waals surface area contributed by atoms with Crippen LogP contribution >= 0.6 is 0 Å². The molecule has 1 N–H and O–H groups in total. The van der Waals surface area contributed by atoms with Crippen LogP contribution in [0, 0.1) is 17.6 Å². The maximum atomic E-state index is 13.9. The third-order valence-electron chi connectivity index (χ3n) is 5.37. The molecule has 1 amide bonds. The number of carbonyl (C=O) groups is 1. The van der Waals surface area contributed by atoms with Crippen molar-refractivity contribution in [2.45, 2.75) is 18.9 Å². The summed E-state index contributed by atoms with van der Waals surface area (Å²) in [6, 6.07) is 5.90. The van der Waals surface area contributed by atoms with Gasteiger partial charge in [-0.3, -0.25) is 14.7 Å². The molecule has 0 saturated carbocycles. The Kier molecular flexibility index (Phi) is 5.89. The topological polar surface area (TPSA) is 63.7 Å². The van der Waals surface area contributed by atoms with E-state index in [1.165, 1.54) is 6.07 Å². The maximum Gasteiger partial charge on any atom is 0.252 e. The van der Waals surface area contributed by atoms with Crippen molar-refractivity contribution in [3.8, 4) is 11.5 Å². The highest BCUT2D eigenvalue weighted by atomic mass is 19.2. The van der Waals surface area contributed by atoms with Crippen LogP contribution in [0.15, 0.2) is 36.7 Å². The predicted octanol–water partition coefficient (Wildman–Crippen LogP) is 2.64. The molecule has 6 nitrogen and oxygen atoms in total. The summed E-state index contributed by atoms with van der Waals surface area (Å²) in [6.45, 7) is 3.23. The van der Waals surface area contributed by atoms with Gasteiger partial charge in [-0.15, -0.1) is 0 Å². The highest BCUT2D eigenvalue weighted by molar-refractivity contribution is 5.93. The van der Waals surface area contributed by atoms with Gasteiger partial charge in [-0.25, -0.2) is 4.39 Å². The highest BCUT2D eigenvalue weighted by Gasteiger charge is 2.29. The van der Waals surface area contributed by atoms with E-state index in [-0.39, 0.29) is 23.5 Å². The Labute approximate surface area is 167 Å². The summed E-state index contributed by atoms with van der Waals surface area (Å²) in [5, 5.41) is 2.97. The first-order valence-electron chi connectivity index (χ1n) is 9.78. The van der Waals surface area contributed by atoms with Crippen LogP contribution in [0.3, 0.4) is 0 Å². The molecule has 1 saturated heterocycles. The first-order valence-corrected chi connectivity index (χ1v) is 9.78. The smallest absolute Gasteiger partial charge is 0.252 e. The van der Waals surface area contributed by atoms with Gasteiger partial charge in [-0.05, 0) is 56.1 Å². The van der Waals surface area contributed by atoms with Crippen molar-refractivity contribution in [1.29, 1.82) is 0 Å². The lowest BCUT2D eigenvalue weighted by Gasteiger charge is -2.35. The van der Waals surface area contributed by atoms with Gasteiger partial charge in [0.1, 0.15) is 12.7 Å². The average Bonchev–Trinajstić information content (AvgIpc) is 2.76. The van der Waals surface area contributed by atoms with Crippen LogP contribution < -0.4 is 14.8 Å². The van der Waals surface area contributed by atoms with E-state index in [2.05, 4.69) is 15.2 Å². The second-order valence-electron chi connectivity index (χ2n) is 7.44. The minimum Gasteiger partial charge on any atom is -0.486 e. The zero-order valence-corrected chi connectivity index (χ0v) is 15.9. The van der Waals surface area contributed by atoms with Crippen LogP contribution in [0.2, 0.25) is 0 Å². The van der Waals surface area contributed by atoms with Crippen LogP contribution in [0.4, 0.5) is 8.78 Å². The molecule has 0 bridgehead atoms. The molecule has 0 radical (unpaired) electrons. The normalized spacial score (nSPS) is 19.7. The van der Waals surface area contributed by atoms with Crippen molar-refractivity contribution in [3.63, 3.8) is 0 Å². The Morgan fingerprint density at radius 2 is 2.07 bits per heavy atom. The number of rotatable bonds is 5. The number of piperidine rings is 1. The quantitative estimate of drug-likeness (QED) is 0.832. The molecule has 8 heteroatoms. The summed E-state index contributed by atoms with van der Waals surface area (Å²) in [5.74, 6) is -1.56. The van der Waals surface area contributed by atoms with Gasteiger partial charge < -0.3 is 14.8 Å². The maximum absolute atomic E-state index is 13.9. The van der Waals surface area contributed by atoms with E-state index in [9.17, 15) is 13.6 Å². The molecule has 154 valence electrons. The summed E-state index contributed by atoms with van der Waals surface area (Å²) < 4.78 is 38.5. The SMILES string of the molecule is O=C(NCC1CCN(CC2COc3ccc(F)c(F)c3O2)CC1)c1cccnc1. The Morgan fingerprint density at radius 3 is 2.83 bits per heavy atom. The van der Waals surface area contributed by atoms with E-state index in [1.807, 2.05) is 0 Å².